The number of aryl methyl sites for hydroxylation is 1. The first-order chi connectivity index (χ1) is 8.25. The molecule has 0 amide bonds. The molecular formula is C13H17N3O. The maximum Gasteiger partial charge on any atom is 0.173 e. The number of hydrogen-bond acceptors (Lipinski definition) is 4. The number of nitrogens with one attached hydrogen (secondary N) is 1. The van der Waals surface area contributed by atoms with E-state index in [0.717, 1.165) is 31.2 Å². The molecule has 2 heterocycles. The predicted octanol–water partition coefficient (Wildman–Crippen LogP) is 1.19. The molecule has 17 heavy (non-hydrogen) atoms. The van der Waals surface area contributed by atoms with Gasteiger partial charge in [-0.25, -0.2) is 0 Å². The fourth-order valence-corrected chi connectivity index (χ4v) is 2.52. The summed E-state index contributed by atoms with van der Waals surface area (Å²) in [5.41, 5.74) is 2.45. The molecule has 90 valence electrons. The van der Waals surface area contributed by atoms with Crippen LogP contribution in [0, 0.1) is 6.92 Å². The van der Waals surface area contributed by atoms with Gasteiger partial charge in [0.25, 0.3) is 0 Å². The second-order valence-corrected chi connectivity index (χ2v) is 4.60. The maximum atomic E-state index is 6.03. The molecule has 0 saturated carbocycles. The number of hydrogen-bond donors (Lipinski definition) is 1. The van der Waals surface area contributed by atoms with Gasteiger partial charge in [0.2, 0.25) is 0 Å². The van der Waals surface area contributed by atoms with Crippen molar-refractivity contribution < 1.29 is 4.74 Å². The fourth-order valence-electron chi connectivity index (χ4n) is 2.52. The van der Waals surface area contributed by atoms with Crippen LogP contribution >= 0.6 is 0 Å². The number of likely N-dealkylation sites (N-methyl/N-ethyl adjacent to an activating group) is 1. The van der Waals surface area contributed by atoms with Crippen LogP contribution in [-0.2, 0) is 0 Å². The lowest BCUT2D eigenvalue weighted by Crippen LogP contribution is -2.46. The lowest BCUT2D eigenvalue weighted by atomic mass is 10.1. The zero-order chi connectivity index (χ0) is 11.8. The number of aliphatic imine (C=N–C) groups is 1. The zero-order valence-corrected chi connectivity index (χ0v) is 10.2. The zero-order valence-electron chi connectivity index (χ0n) is 10.2. The summed E-state index contributed by atoms with van der Waals surface area (Å²) in [5.74, 6) is 1.95. The number of benzene rings is 1. The van der Waals surface area contributed by atoms with Gasteiger partial charge in [-0.3, -0.25) is 4.99 Å². The molecule has 3 rings (SSSR count). The molecule has 0 radical (unpaired) electrons. The monoisotopic (exact) mass is 231 g/mol. The Morgan fingerprint density at radius 3 is 3.12 bits per heavy atom. The lowest BCUT2D eigenvalue weighted by molar-refractivity contribution is 0.255. The Hall–Kier alpha value is -1.71. The molecule has 0 fully saturated rings. The molecular weight excluding hydrogens is 214 g/mol. The molecule has 0 saturated heterocycles. The van der Waals surface area contributed by atoms with Crippen LogP contribution < -0.4 is 15.0 Å². The molecule has 2 aliphatic rings. The lowest BCUT2D eigenvalue weighted by Gasteiger charge is -2.34. The highest BCUT2D eigenvalue weighted by Crippen LogP contribution is 2.35. The van der Waals surface area contributed by atoms with Gasteiger partial charge in [-0.15, -0.1) is 0 Å². The van der Waals surface area contributed by atoms with Crippen LogP contribution in [0.5, 0.6) is 5.75 Å². The quantitative estimate of drug-likeness (QED) is 0.789. The maximum absolute atomic E-state index is 6.03. The van der Waals surface area contributed by atoms with E-state index in [-0.39, 0.29) is 6.10 Å². The van der Waals surface area contributed by atoms with E-state index in [4.69, 9.17) is 4.74 Å². The van der Waals surface area contributed by atoms with Crippen molar-refractivity contribution in [2.45, 2.75) is 13.0 Å². The van der Waals surface area contributed by atoms with Gasteiger partial charge in [0.1, 0.15) is 11.6 Å². The SMILES string of the molecule is Cc1cccc2c1N(C)C[C@H](C1=NCCN1)O2. The van der Waals surface area contributed by atoms with E-state index in [9.17, 15) is 0 Å². The third-order valence-corrected chi connectivity index (χ3v) is 3.30. The van der Waals surface area contributed by atoms with Crippen LogP contribution in [0.3, 0.4) is 0 Å². The average Bonchev–Trinajstić information content (AvgIpc) is 2.81. The van der Waals surface area contributed by atoms with Crippen LogP contribution in [0.15, 0.2) is 23.2 Å². The van der Waals surface area contributed by atoms with Crippen molar-refractivity contribution in [1.82, 2.24) is 5.32 Å². The van der Waals surface area contributed by atoms with E-state index in [2.05, 4.69) is 35.2 Å². The molecule has 0 bridgehead atoms. The van der Waals surface area contributed by atoms with Gasteiger partial charge in [-0.05, 0) is 18.6 Å². The van der Waals surface area contributed by atoms with E-state index in [1.54, 1.807) is 0 Å². The Morgan fingerprint density at radius 2 is 2.35 bits per heavy atom. The smallest absolute Gasteiger partial charge is 0.173 e. The molecule has 1 atom stereocenters. The summed E-state index contributed by atoms with van der Waals surface area (Å²) >= 11 is 0. The second kappa shape index (κ2) is 3.95. The largest absolute Gasteiger partial charge is 0.478 e. The minimum absolute atomic E-state index is 0.0387. The van der Waals surface area contributed by atoms with Gasteiger partial charge in [0, 0.05) is 13.6 Å². The standard InChI is InChI=1S/C13H17N3O/c1-9-4-3-5-10-12(9)16(2)8-11(17-10)13-14-6-7-15-13/h3-5,11H,6-8H2,1-2H3,(H,14,15)/t11-/m1/s1. The average molecular weight is 231 g/mol. The normalized spacial score (nSPS) is 22.6. The first kappa shape index (κ1) is 10.4. The highest BCUT2D eigenvalue weighted by molar-refractivity contribution is 5.89. The highest BCUT2D eigenvalue weighted by atomic mass is 16.5. The predicted molar refractivity (Wildman–Crippen MR) is 69.2 cm³/mol. The molecule has 4 nitrogen and oxygen atoms in total. The summed E-state index contributed by atoms with van der Waals surface area (Å²) in [6, 6.07) is 6.18. The van der Waals surface area contributed by atoms with Gasteiger partial charge in [-0.2, -0.15) is 0 Å². The van der Waals surface area contributed by atoms with Crippen molar-refractivity contribution in [2.75, 3.05) is 31.6 Å². The second-order valence-electron chi connectivity index (χ2n) is 4.60. The summed E-state index contributed by atoms with van der Waals surface area (Å²) < 4.78 is 6.03. The first-order valence-electron chi connectivity index (χ1n) is 6.01. The molecule has 1 aromatic rings. The van der Waals surface area contributed by atoms with E-state index in [0.29, 0.717) is 0 Å². The Morgan fingerprint density at radius 1 is 1.47 bits per heavy atom. The van der Waals surface area contributed by atoms with E-state index in [1.165, 1.54) is 11.3 Å². The van der Waals surface area contributed by atoms with Gasteiger partial charge in [0.05, 0.1) is 18.8 Å². The van der Waals surface area contributed by atoms with E-state index >= 15 is 0 Å². The van der Waals surface area contributed by atoms with Crippen LogP contribution in [0.2, 0.25) is 0 Å². The van der Waals surface area contributed by atoms with Crippen LogP contribution in [0.1, 0.15) is 5.56 Å². The van der Waals surface area contributed by atoms with Crippen molar-refractivity contribution in [3.05, 3.63) is 23.8 Å². The molecule has 0 aromatic heterocycles. The summed E-state index contributed by atoms with van der Waals surface area (Å²) in [6.07, 6.45) is 0.0387. The number of rotatable bonds is 1. The number of nitrogens with zero attached hydrogens (tertiary/aromatic N) is 2. The molecule has 2 aliphatic heterocycles. The number of ether oxygens (including phenoxy) is 1. The van der Waals surface area contributed by atoms with Gasteiger partial charge < -0.3 is 15.0 Å². The Kier molecular flexibility index (Phi) is 2.42. The summed E-state index contributed by atoms with van der Waals surface area (Å²) in [7, 11) is 2.11. The molecule has 1 N–H and O–H groups in total. The van der Waals surface area contributed by atoms with Crippen LogP contribution in [0.4, 0.5) is 5.69 Å². The van der Waals surface area contributed by atoms with E-state index < -0.39 is 0 Å². The Balaban J connectivity index is 1.93. The minimum Gasteiger partial charge on any atom is -0.478 e. The molecule has 4 heteroatoms. The molecule has 0 aliphatic carbocycles. The van der Waals surface area contributed by atoms with Gasteiger partial charge >= 0.3 is 0 Å². The van der Waals surface area contributed by atoms with E-state index in [1.807, 2.05) is 12.1 Å². The van der Waals surface area contributed by atoms with Crippen molar-refractivity contribution >= 4 is 11.5 Å². The summed E-state index contributed by atoms with van der Waals surface area (Å²) in [5, 5.41) is 3.29. The molecule has 0 spiro atoms. The molecule has 1 aromatic carbocycles. The van der Waals surface area contributed by atoms with Crippen molar-refractivity contribution in [1.29, 1.82) is 0 Å². The number of fused-ring (bicyclic) bond motifs is 1. The highest BCUT2D eigenvalue weighted by Gasteiger charge is 2.29. The number of para-hydroxylation sites is 1. The summed E-state index contributed by atoms with van der Waals surface area (Å²) in [4.78, 5) is 6.69. The third kappa shape index (κ3) is 1.73. The van der Waals surface area contributed by atoms with Gasteiger partial charge in [0.15, 0.2) is 6.10 Å². The number of amidine groups is 1. The van der Waals surface area contributed by atoms with Crippen LogP contribution in [0.25, 0.3) is 0 Å². The van der Waals surface area contributed by atoms with Crippen molar-refractivity contribution in [3.8, 4) is 5.75 Å². The third-order valence-electron chi connectivity index (χ3n) is 3.30. The van der Waals surface area contributed by atoms with Crippen molar-refractivity contribution in [3.63, 3.8) is 0 Å². The van der Waals surface area contributed by atoms with Crippen molar-refractivity contribution in [2.24, 2.45) is 4.99 Å². The van der Waals surface area contributed by atoms with Gasteiger partial charge in [-0.1, -0.05) is 12.1 Å². The molecule has 0 unspecified atom stereocenters. The minimum atomic E-state index is 0.0387. The Labute approximate surface area is 101 Å². The van der Waals surface area contributed by atoms with Crippen LogP contribution in [-0.4, -0.2) is 38.6 Å². The topological polar surface area (TPSA) is 36.9 Å². The summed E-state index contributed by atoms with van der Waals surface area (Å²) in [6.45, 7) is 4.76. The number of anilines is 1. The first-order valence-corrected chi connectivity index (χ1v) is 6.01. The Bertz CT molecular complexity index is 470. The fraction of sp³-hybridized carbons (Fsp3) is 0.462.